The molecule has 1 aromatic carbocycles. The van der Waals surface area contributed by atoms with Gasteiger partial charge in [0.2, 0.25) is 11.8 Å². The zero-order valence-corrected chi connectivity index (χ0v) is 15.5. The first-order chi connectivity index (χ1) is 12.6. The summed E-state index contributed by atoms with van der Waals surface area (Å²) in [5.41, 5.74) is 1.99. The Morgan fingerprint density at radius 1 is 1.27 bits per heavy atom. The van der Waals surface area contributed by atoms with Gasteiger partial charge in [0.15, 0.2) is 0 Å². The van der Waals surface area contributed by atoms with E-state index in [-0.39, 0.29) is 23.9 Å². The van der Waals surface area contributed by atoms with Crippen LogP contribution in [0.5, 0.6) is 0 Å². The summed E-state index contributed by atoms with van der Waals surface area (Å²) in [5, 5.41) is 6.72. The molecule has 0 aromatic heterocycles. The molecule has 4 atom stereocenters. The molecule has 4 rings (SSSR count). The summed E-state index contributed by atoms with van der Waals surface area (Å²) in [5.74, 6) is 0.963. The lowest BCUT2D eigenvalue weighted by molar-refractivity contribution is -0.123. The first-order valence-electron chi connectivity index (χ1n) is 10.1. The van der Waals surface area contributed by atoms with Crippen LogP contribution in [-0.4, -0.2) is 30.4 Å². The summed E-state index contributed by atoms with van der Waals surface area (Å²) < 4.78 is 0. The van der Waals surface area contributed by atoms with Crippen LogP contribution in [0.15, 0.2) is 24.3 Å². The zero-order valence-electron chi connectivity index (χ0n) is 15.5. The minimum absolute atomic E-state index is 0.0612. The molecule has 5 nitrogen and oxygen atoms in total. The van der Waals surface area contributed by atoms with Crippen molar-refractivity contribution in [3.63, 3.8) is 0 Å². The van der Waals surface area contributed by atoms with E-state index in [1.807, 2.05) is 36.1 Å². The van der Waals surface area contributed by atoms with E-state index in [2.05, 4.69) is 10.6 Å². The molecular formula is C21H29N3O2. The Kier molecular flexibility index (Phi) is 4.98. The Bertz CT molecular complexity index is 676. The molecule has 0 radical (unpaired) electrons. The van der Waals surface area contributed by atoms with Gasteiger partial charge in [-0.05, 0) is 56.2 Å². The second-order valence-corrected chi connectivity index (χ2v) is 8.08. The van der Waals surface area contributed by atoms with Gasteiger partial charge in [0, 0.05) is 24.7 Å². The van der Waals surface area contributed by atoms with Crippen LogP contribution in [0.4, 0.5) is 5.69 Å². The van der Waals surface area contributed by atoms with Gasteiger partial charge in [-0.3, -0.25) is 9.59 Å². The van der Waals surface area contributed by atoms with Crippen LogP contribution in [0, 0.1) is 5.92 Å². The lowest BCUT2D eigenvalue weighted by atomic mass is 9.85. The van der Waals surface area contributed by atoms with Crippen LogP contribution >= 0.6 is 0 Å². The molecule has 0 spiro atoms. The number of carbonyl (C=O) groups is 2. The van der Waals surface area contributed by atoms with Gasteiger partial charge >= 0.3 is 0 Å². The molecule has 2 saturated heterocycles. The lowest BCUT2D eigenvalue weighted by Crippen LogP contribution is -2.43. The molecule has 1 aliphatic carbocycles. The summed E-state index contributed by atoms with van der Waals surface area (Å²) in [6.07, 6.45) is 7.55. The minimum atomic E-state index is -0.0652. The number of nitrogens with one attached hydrogen (secondary N) is 2. The normalized spacial score (nSPS) is 29.5. The third-order valence-corrected chi connectivity index (χ3v) is 6.29. The van der Waals surface area contributed by atoms with E-state index in [0.29, 0.717) is 18.4 Å². The summed E-state index contributed by atoms with van der Waals surface area (Å²) in [4.78, 5) is 26.6. The number of benzene rings is 1. The van der Waals surface area contributed by atoms with Crippen LogP contribution in [0.2, 0.25) is 0 Å². The molecule has 3 fully saturated rings. The third kappa shape index (κ3) is 3.50. The number of anilines is 1. The average Bonchev–Trinajstić information content (AvgIpc) is 3.27. The van der Waals surface area contributed by atoms with Crippen molar-refractivity contribution in [3.8, 4) is 0 Å². The highest BCUT2D eigenvalue weighted by Gasteiger charge is 2.38. The molecule has 2 amide bonds. The summed E-state index contributed by atoms with van der Waals surface area (Å²) in [7, 11) is 0. The van der Waals surface area contributed by atoms with Crippen molar-refractivity contribution < 1.29 is 9.59 Å². The van der Waals surface area contributed by atoms with Crippen molar-refractivity contribution in [2.24, 2.45) is 5.92 Å². The molecule has 2 N–H and O–H groups in total. The highest BCUT2D eigenvalue weighted by Crippen LogP contribution is 2.33. The van der Waals surface area contributed by atoms with Gasteiger partial charge in [-0.2, -0.15) is 0 Å². The maximum atomic E-state index is 12.7. The fourth-order valence-corrected chi connectivity index (χ4v) is 4.80. The van der Waals surface area contributed by atoms with E-state index in [1.54, 1.807) is 0 Å². The minimum Gasteiger partial charge on any atom is -0.348 e. The number of amides is 2. The fraction of sp³-hybridized carbons (Fsp3) is 0.619. The summed E-state index contributed by atoms with van der Waals surface area (Å²) in [6.45, 7) is 2.81. The van der Waals surface area contributed by atoms with E-state index in [1.165, 1.54) is 25.7 Å². The van der Waals surface area contributed by atoms with E-state index < -0.39 is 0 Å². The predicted molar refractivity (Wildman–Crippen MR) is 102 cm³/mol. The first kappa shape index (κ1) is 17.5. The van der Waals surface area contributed by atoms with Gasteiger partial charge in [0.05, 0.1) is 12.1 Å². The van der Waals surface area contributed by atoms with Gasteiger partial charge in [0.25, 0.3) is 0 Å². The molecule has 2 heterocycles. The van der Waals surface area contributed by atoms with Crippen molar-refractivity contribution in [2.75, 3.05) is 11.4 Å². The predicted octanol–water partition coefficient (Wildman–Crippen LogP) is 2.91. The number of fused-ring (bicyclic) bond motifs is 1. The largest absolute Gasteiger partial charge is 0.348 e. The van der Waals surface area contributed by atoms with Crippen molar-refractivity contribution in [1.29, 1.82) is 0 Å². The van der Waals surface area contributed by atoms with Crippen molar-refractivity contribution >= 4 is 17.5 Å². The van der Waals surface area contributed by atoms with Crippen molar-refractivity contribution in [2.45, 2.75) is 70.0 Å². The average molecular weight is 355 g/mol. The van der Waals surface area contributed by atoms with Crippen LogP contribution in [-0.2, 0) is 9.59 Å². The van der Waals surface area contributed by atoms with Gasteiger partial charge in [-0.1, -0.05) is 25.0 Å². The Balaban J connectivity index is 1.39. The fourth-order valence-electron chi connectivity index (χ4n) is 4.80. The Labute approximate surface area is 155 Å². The Morgan fingerprint density at radius 3 is 2.88 bits per heavy atom. The van der Waals surface area contributed by atoms with Gasteiger partial charge < -0.3 is 15.5 Å². The molecule has 5 heteroatoms. The standard InChI is InChI=1S/C21H29N3O2/c1-14(15-7-4-8-17(12-15)24-11-5-10-20(24)25)22-21(26)19-13-16-6-2-3-9-18(16)23-19/h4,7-8,12,14,16,18-19,23H,2-3,5-6,9-11,13H2,1H3,(H,22,26). The quantitative estimate of drug-likeness (QED) is 0.873. The summed E-state index contributed by atoms with van der Waals surface area (Å²) >= 11 is 0. The number of nitrogens with zero attached hydrogens (tertiary/aromatic N) is 1. The maximum Gasteiger partial charge on any atom is 0.237 e. The van der Waals surface area contributed by atoms with Crippen LogP contribution in [0.25, 0.3) is 0 Å². The highest BCUT2D eigenvalue weighted by molar-refractivity contribution is 5.95. The van der Waals surface area contributed by atoms with Crippen molar-refractivity contribution in [3.05, 3.63) is 29.8 Å². The van der Waals surface area contributed by atoms with Crippen molar-refractivity contribution in [1.82, 2.24) is 10.6 Å². The number of hydrogen-bond donors (Lipinski definition) is 2. The monoisotopic (exact) mass is 355 g/mol. The second-order valence-electron chi connectivity index (χ2n) is 8.08. The van der Waals surface area contributed by atoms with E-state index >= 15 is 0 Å². The topological polar surface area (TPSA) is 61.4 Å². The molecule has 4 unspecified atom stereocenters. The molecule has 26 heavy (non-hydrogen) atoms. The van der Waals surface area contributed by atoms with Crippen LogP contribution in [0.3, 0.4) is 0 Å². The van der Waals surface area contributed by atoms with Gasteiger partial charge in [-0.15, -0.1) is 0 Å². The Hall–Kier alpha value is -1.88. The van der Waals surface area contributed by atoms with E-state index in [9.17, 15) is 9.59 Å². The van der Waals surface area contributed by atoms with Gasteiger partial charge in [-0.25, -0.2) is 0 Å². The van der Waals surface area contributed by atoms with E-state index in [4.69, 9.17) is 0 Å². The molecular weight excluding hydrogens is 326 g/mol. The molecule has 140 valence electrons. The lowest BCUT2D eigenvalue weighted by Gasteiger charge is -2.24. The molecule has 0 bridgehead atoms. The first-order valence-corrected chi connectivity index (χ1v) is 10.1. The number of carbonyl (C=O) groups excluding carboxylic acids is 2. The zero-order chi connectivity index (χ0) is 18.1. The number of hydrogen-bond acceptors (Lipinski definition) is 3. The highest BCUT2D eigenvalue weighted by atomic mass is 16.2. The molecule has 1 aromatic rings. The molecule has 1 saturated carbocycles. The third-order valence-electron chi connectivity index (χ3n) is 6.29. The van der Waals surface area contributed by atoms with Crippen LogP contribution < -0.4 is 15.5 Å². The van der Waals surface area contributed by atoms with Gasteiger partial charge in [0.1, 0.15) is 0 Å². The molecule has 2 aliphatic heterocycles. The SMILES string of the molecule is CC(NC(=O)C1CC2CCCCC2N1)c1cccc(N2CCCC2=O)c1. The maximum absolute atomic E-state index is 12.7. The molecule has 3 aliphatic rings. The smallest absolute Gasteiger partial charge is 0.237 e. The van der Waals surface area contributed by atoms with Crippen LogP contribution in [0.1, 0.15) is 63.5 Å². The second kappa shape index (κ2) is 7.39. The Morgan fingerprint density at radius 2 is 2.12 bits per heavy atom. The number of rotatable bonds is 4. The van der Waals surface area contributed by atoms with E-state index in [0.717, 1.165) is 30.6 Å². The summed E-state index contributed by atoms with van der Waals surface area (Å²) in [6, 6.07) is 8.41.